The zero-order valence-corrected chi connectivity index (χ0v) is 6.92. The average molecular weight is 157 g/mol. The molecular weight excluding hydrogens is 142 g/mol. The van der Waals surface area contributed by atoms with Crippen molar-refractivity contribution in [1.82, 2.24) is 4.90 Å². The minimum absolute atomic E-state index is 0.483. The quantitative estimate of drug-likeness (QED) is 0.602. The van der Waals surface area contributed by atoms with E-state index in [9.17, 15) is 9.90 Å². The second kappa shape index (κ2) is 3.22. The largest absolute Gasteiger partial charge is 0.388 e. The molecule has 0 atom stereocenters. The number of carbonyl (C=O) groups is 1. The van der Waals surface area contributed by atoms with Crippen LogP contribution in [-0.2, 0) is 4.79 Å². The molecule has 0 saturated heterocycles. The van der Waals surface area contributed by atoms with Gasteiger partial charge < -0.3 is 10.0 Å². The predicted octanol–water partition coefficient (Wildman–Crippen LogP) is 0.380. The summed E-state index contributed by atoms with van der Waals surface area (Å²) < 4.78 is 0. The molecule has 0 spiro atoms. The fourth-order valence-corrected chi connectivity index (χ4v) is 1.69. The van der Waals surface area contributed by atoms with Gasteiger partial charge >= 0.3 is 0 Å². The molecule has 0 aromatic heterocycles. The van der Waals surface area contributed by atoms with Crippen LogP contribution in [-0.4, -0.2) is 35.6 Å². The Morgan fingerprint density at radius 2 is 2.09 bits per heavy atom. The molecule has 1 amide bonds. The summed E-state index contributed by atoms with van der Waals surface area (Å²) >= 11 is 0. The molecule has 1 saturated carbocycles. The van der Waals surface area contributed by atoms with E-state index < -0.39 is 5.60 Å². The monoisotopic (exact) mass is 157 g/mol. The van der Waals surface area contributed by atoms with Crippen LogP contribution in [0, 0.1) is 0 Å². The summed E-state index contributed by atoms with van der Waals surface area (Å²) in [6.07, 6.45) is 4.61. The Labute approximate surface area is 67.0 Å². The molecule has 1 N–H and O–H groups in total. The van der Waals surface area contributed by atoms with E-state index in [2.05, 4.69) is 0 Å². The zero-order chi connectivity index (χ0) is 8.32. The van der Waals surface area contributed by atoms with Crippen LogP contribution in [0.3, 0.4) is 0 Å². The third-order valence-electron chi connectivity index (χ3n) is 2.26. The SMILES string of the molecule is CN(C=O)CC1(O)CCCC1. The predicted molar refractivity (Wildman–Crippen MR) is 42.1 cm³/mol. The number of nitrogens with zero attached hydrogens (tertiary/aromatic N) is 1. The Kier molecular flexibility index (Phi) is 2.49. The number of rotatable bonds is 3. The van der Waals surface area contributed by atoms with Crippen LogP contribution in [0.15, 0.2) is 0 Å². The van der Waals surface area contributed by atoms with Crippen LogP contribution in [0.2, 0.25) is 0 Å². The highest BCUT2D eigenvalue weighted by Gasteiger charge is 2.31. The first kappa shape index (κ1) is 8.53. The number of carbonyl (C=O) groups excluding carboxylic acids is 1. The highest BCUT2D eigenvalue weighted by molar-refractivity contribution is 5.46. The van der Waals surface area contributed by atoms with Crippen molar-refractivity contribution >= 4 is 6.41 Å². The molecule has 0 aromatic carbocycles. The van der Waals surface area contributed by atoms with E-state index in [-0.39, 0.29) is 0 Å². The van der Waals surface area contributed by atoms with Gasteiger partial charge in [0.2, 0.25) is 6.41 Å². The van der Waals surface area contributed by atoms with Crippen molar-refractivity contribution in [2.24, 2.45) is 0 Å². The molecule has 0 aromatic rings. The van der Waals surface area contributed by atoms with Crippen molar-refractivity contribution in [2.45, 2.75) is 31.3 Å². The molecule has 1 rings (SSSR count). The summed E-state index contributed by atoms with van der Waals surface area (Å²) in [6.45, 7) is 0.483. The van der Waals surface area contributed by atoms with Crippen molar-refractivity contribution in [1.29, 1.82) is 0 Å². The van der Waals surface area contributed by atoms with Gasteiger partial charge in [-0.25, -0.2) is 0 Å². The molecule has 1 aliphatic rings. The molecule has 0 heterocycles. The van der Waals surface area contributed by atoms with Crippen LogP contribution in [0.1, 0.15) is 25.7 Å². The molecule has 11 heavy (non-hydrogen) atoms. The molecule has 1 fully saturated rings. The lowest BCUT2D eigenvalue weighted by Crippen LogP contribution is -2.38. The lowest BCUT2D eigenvalue weighted by atomic mass is 10.0. The summed E-state index contributed by atoms with van der Waals surface area (Å²) in [5.74, 6) is 0. The van der Waals surface area contributed by atoms with Crippen LogP contribution in [0.5, 0.6) is 0 Å². The molecule has 0 unspecified atom stereocenters. The first-order valence-corrected chi connectivity index (χ1v) is 4.04. The van der Waals surface area contributed by atoms with E-state index in [1.165, 1.54) is 4.90 Å². The standard InChI is InChI=1S/C8H15NO2/c1-9(7-10)6-8(11)4-2-3-5-8/h7,11H,2-6H2,1H3. The van der Waals surface area contributed by atoms with Gasteiger partial charge in [0.05, 0.1) is 5.60 Å². The van der Waals surface area contributed by atoms with E-state index in [0.717, 1.165) is 32.1 Å². The highest BCUT2D eigenvalue weighted by atomic mass is 16.3. The zero-order valence-electron chi connectivity index (χ0n) is 6.92. The van der Waals surface area contributed by atoms with Crippen molar-refractivity contribution in [3.63, 3.8) is 0 Å². The molecule has 0 bridgehead atoms. The Balaban J connectivity index is 2.39. The van der Waals surface area contributed by atoms with Crippen LogP contribution < -0.4 is 0 Å². The molecule has 64 valence electrons. The van der Waals surface area contributed by atoms with Gasteiger partial charge in [-0.15, -0.1) is 0 Å². The second-order valence-corrected chi connectivity index (χ2v) is 3.45. The lowest BCUT2D eigenvalue weighted by Gasteiger charge is -2.25. The van der Waals surface area contributed by atoms with Crippen molar-refractivity contribution in [2.75, 3.05) is 13.6 Å². The van der Waals surface area contributed by atoms with E-state index in [4.69, 9.17) is 0 Å². The molecule has 1 aliphatic carbocycles. The second-order valence-electron chi connectivity index (χ2n) is 3.45. The van der Waals surface area contributed by atoms with Gasteiger partial charge in [0, 0.05) is 13.6 Å². The first-order valence-electron chi connectivity index (χ1n) is 4.04. The fourth-order valence-electron chi connectivity index (χ4n) is 1.69. The molecule has 3 nitrogen and oxygen atoms in total. The molecular formula is C8H15NO2. The van der Waals surface area contributed by atoms with Gasteiger partial charge in [0.25, 0.3) is 0 Å². The van der Waals surface area contributed by atoms with Crippen molar-refractivity contribution in [3.05, 3.63) is 0 Å². The summed E-state index contributed by atoms with van der Waals surface area (Å²) in [4.78, 5) is 11.8. The number of hydrogen-bond donors (Lipinski definition) is 1. The highest BCUT2D eigenvalue weighted by Crippen LogP contribution is 2.29. The van der Waals surface area contributed by atoms with Gasteiger partial charge in [-0.2, -0.15) is 0 Å². The normalized spacial score (nSPS) is 21.6. The van der Waals surface area contributed by atoms with Crippen LogP contribution in [0.25, 0.3) is 0 Å². The number of aliphatic hydroxyl groups is 1. The smallest absolute Gasteiger partial charge is 0.209 e. The summed E-state index contributed by atoms with van der Waals surface area (Å²) in [7, 11) is 1.70. The number of amides is 1. The fraction of sp³-hybridized carbons (Fsp3) is 0.875. The van der Waals surface area contributed by atoms with E-state index in [1.54, 1.807) is 7.05 Å². The molecule has 0 aliphatic heterocycles. The summed E-state index contributed by atoms with van der Waals surface area (Å²) in [5, 5.41) is 9.79. The van der Waals surface area contributed by atoms with Gasteiger partial charge in [0.15, 0.2) is 0 Å². The molecule has 0 radical (unpaired) electrons. The average Bonchev–Trinajstić information content (AvgIpc) is 2.36. The topological polar surface area (TPSA) is 40.5 Å². The van der Waals surface area contributed by atoms with Crippen molar-refractivity contribution in [3.8, 4) is 0 Å². The van der Waals surface area contributed by atoms with Crippen LogP contribution in [0.4, 0.5) is 0 Å². The van der Waals surface area contributed by atoms with E-state index >= 15 is 0 Å². The Morgan fingerprint density at radius 1 is 1.55 bits per heavy atom. The number of likely N-dealkylation sites (N-methyl/N-ethyl adjacent to an activating group) is 1. The maximum Gasteiger partial charge on any atom is 0.209 e. The minimum atomic E-state index is -0.588. The lowest BCUT2D eigenvalue weighted by molar-refractivity contribution is -0.120. The third-order valence-corrected chi connectivity index (χ3v) is 2.26. The Morgan fingerprint density at radius 3 is 2.55 bits per heavy atom. The van der Waals surface area contributed by atoms with E-state index in [0.29, 0.717) is 6.54 Å². The van der Waals surface area contributed by atoms with Crippen LogP contribution >= 0.6 is 0 Å². The maximum atomic E-state index is 10.2. The maximum absolute atomic E-state index is 10.2. The third kappa shape index (κ3) is 2.19. The molecule has 3 heteroatoms. The summed E-state index contributed by atoms with van der Waals surface area (Å²) in [5.41, 5.74) is -0.588. The Bertz CT molecular complexity index is 141. The van der Waals surface area contributed by atoms with Gasteiger partial charge in [0.1, 0.15) is 0 Å². The van der Waals surface area contributed by atoms with E-state index in [1.807, 2.05) is 0 Å². The first-order chi connectivity index (χ1) is 5.16. The Hall–Kier alpha value is -0.570. The van der Waals surface area contributed by atoms with Gasteiger partial charge in [-0.05, 0) is 12.8 Å². The minimum Gasteiger partial charge on any atom is -0.388 e. The van der Waals surface area contributed by atoms with Gasteiger partial charge in [-0.3, -0.25) is 4.79 Å². The van der Waals surface area contributed by atoms with Gasteiger partial charge in [-0.1, -0.05) is 12.8 Å². The number of hydrogen-bond acceptors (Lipinski definition) is 2. The summed E-state index contributed by atoms with van der Waals surface area (Å²) in [6, 6.07) is 0. The van der Waals surface area contributed by atoms with Crippen molar-refractivity contribution < 1.29 is 9.90 Å².